The average molecular weight is 389 g/mol. The van der Waals surface area contributed by atoms with E-state index in [0.717, 1.165) is 24.8 Å². The largest absolute Gasteiger partial charge is 0.485 e. The number of nitrogens with one attached hydrogen (secondary N) is 1. The first-order chi connectivity index (χ1) is 13.0. The van der Waals surface area contributed by atoms with Crippen LogP contribution in [-0.4, -0.2) is 35.7 Å². The Bertz CT molecular complexity index is 837. The third kappa shape index (κ3) is 3.79. The number of ether oxygens (including phenoxy) is 1. The van der Waals surface area contributed by atoms with Gasteiger partial charge in [0.05, 0.1) is 0 Å². The molecule has 0 amide bonds. The molecule has 6 heteroatoms. The number of carbonyl (C=O) groups excluding carboxylic acids is 1. The maximum atomic E-state index is 13.8. The van der Waals surface area contributed by atoms with E-state index in [4.69, 9.17) is 4.74 Å². The third-order valence-electron chi connectivity index (χ3n) is 5.59. The molecule has 1 unspecified atom stereocenters. The van der Waals surface area contributed by atoms with Gasteiger partial charge in [-0.3, -0.25) is 4.79 Å². The highest BCUT2D eigenvalue weighted by Gasteiger charge is 2.37. The molecule has 0 bridgehead atoms. The molecule has 1 fully saturated rings. The monoisotopic (exact) mass is 389 g/mol. The number of Topliss-reactive ketones (excluding diaryl/α,β-unsaturated/α-hetero) is 1. The summed E-state index contributed by atoms with van der Waals surface area (Å²) in [6.45, 7) is 2.59. The Hall–Kier alpha value is -1.76. The zero-order chi connectivity index (χ0) is 19.0. The molecule has 4 nitrogen and oxygen atoms in total. The molecule has 2 aliphatic carbocycles. The molecule has 27 heavy (non-hydrogen) atoms. The molecule has 4 rings (SSSR count). The number of aliphatic hydroxyl groups is 1. The Kier molecular flexibility index (Phi) is 5.30. The number of hydrogen-bond acceptors (Lipinski definition) is 5. The van der Waals surface area contributed by atoms with Gasteiger partial charge < -0.3 is 15.2 Å². The summed E-state index contributed by atoms with van der Waals surface area (Å²) in [5, 5.41) is 13.9. The first-order valence-electron chi connectivity index (χ1n) is 9.49. The smallest absolute Gasteiger partial charge is 0.168 e. The fourth-order valence-electron chi connectivity index (χ4n) is 4.10. The molecule has 144 valence electrons. The van der Waals surface area contributed by atoms with Crippen molar-refractivity contribution in [3.63, 3.8) is 0 Å². The lowest BCUT2D eigenvalue weighted by molar-refractivity contribution is 0.0421. The number of aryl methyl sites for hydroxylation is 2. The molecule has 1 heterocycles. The highest BCUT2D eigenvalue weighted by atomic mass is 32.1. The van der Waals surface area contributed by atoms with E-state index in [1.807, 2.05) is 13.0 Å². The number of para-hydroxylation sites is 1. The van der Waals surface area contributed by atoms with Crippen molar-refractivity contribution >= 4 is 17.1 Å². The number of benzene rings is 1. The fraction of sp³-hybridized carbons (Fsp3) is 0.476. The Morgan fingerprint density at radius 2 is 2.11 bits per heavy atom. The molecule has 0 aliphatic heterocycles. The standard InChI is InChI=1S/C21H24FNO3S/c1-12-10-14-19(27-12)9-6-13(20(14)24)11-23-16-7-8-18(21(16)25)26-17-5-3-2-4-15(17)22/h2-5,10,13,16,18,21,23,25H,6-9,11H2,1H3/t13?,16-,18-,21-/m1/s1. The second kappa shape index (κ2) is 7.70. The zero-order valence-corrected chi connectivity index (χ0v) is 16.1. The second-order valence-electron chi connectivity index (χ2n) is 7.46. The molecule has 0 saturated heterocycles. The van der Waals surface area contributed by atoms with Crippen LogP contribution in [0.15, 0.2) is 30.3 Å². The van der Waals surface area contributed by atoms with Crippen LogP contribution in [0.3, 0.4) is 0 Å². The summed E-state index contributed by atoms with van der Waals surface area (Å²) in [6.07, 6.45) is 2.02. The quantitative estimate of drug-likeness (QED) is 0.822. The van der Waals surface area contributed by atoms with E-state index in [9.17, 15) is 14.3 Å². The molecule has 0 spiro atoms. The highest BCUT2D eigenvalue weighted by Crippen LogP contribution is 2.32. The normalized spacial score (nSPS) is 27.6. The van der Waals surface area contributed by atoms with Crippen molar-refractivity contribution in [2.24, 2.45) is 5.92 Å². The summed E-state index contributed by atoms with van der Waals surface area (Å²) in [5.41, 5.74) is 0.878. The van der Waals surface area contributed by atoms with E-state index < -0.39 is 18.0 Å². The van der Waals surface area contributed by atoms with Gasteiger partial charge in [0.25, 0.3) is 0 Å². The van der Waals surface area contributed by atoms with Gasteiger partial charge in [-0.15, -0.1) is 11.3 Å². The predicted molar refractivity (Wildman–Crippen MR) is 103 cm³/mol. The first-order valence-corrected chi connectivity index (χ1v) is 10.3. The van der Waals surface area contributed by atoms with Crippen LogP contribution in [0.5, 0.6) is 5.75 Å². The molecule has 1 aromatic heterocycles. The van der Waals surface area contributed by atoms with Crippen LogP contribution >= 0.6 is 11.3 Å². The minimum Gasteiger partial charge on any atom is -0.485 e. The molecule has 0 radical (unpaired) electrons. The van der Waals surface area contributed by atoms with E-state index in [-0.39, 0.29) is 23.5 Å². The van der Waals surface area contributed by atoms with Crippen molar-refractivity contribution in [1.82, 2.24) is 5.32 Å². The molecule has 1 saturated carbocycles. The van der Waals surface area contributed by atoms with Gasteiger partial charge in [0.15, 0.2) is 17.3 Å². The third-order valence-corrected chi connectivity index (χ3v) is 6.70. The number of hydrogen-bond donors (Lipinski definition) is 2. The van der Waals surface area contributed by atoms with Crippen LogP contribution in [0.4, 0.5) is 4.39 Å². The Labute approximate surface area is 162 Å². The number of aliphatic hydroxyl groups excluding tert-OH is 1. The van der Waals surface area contributed by atoms with Gasteiger partial charge in [0.1, 0.15) is 12.2 Å². The number of thiophene rings is 1. The second-order valence-corrected chi connectivity index (χ2v) is 8.80. The number of rotatable bonds is 5. The highest BCUT2D eigenvalue weighted by molar-refractivity contribution is 7.12. The molecule has 4 atom stereocenters. The lowest BCUT2D eigenvalue weighted by Gasteiger charge is -2.25. The van der Waals surface area contributed by atoms with Crippen LogP contribution in [0.1, 0.15) is 39.4 Å². The lowest BCUT2D eigenvalue weighted by Crippen LogP contribution is -2.44. The number of halogens is 1. The molecule has 2 aliphatic rings. The minimum absolute atomic E-state index is 0.0507. The van der Waals surface area contributed by atoms with Crippen molar-refractivity contribution < 1.29 is 19.0 Å². The maximum Gasteiger partial charge on any atom is 0.168 e. The van der Waals surface area contributed by atoms with Crippen LogP contribution in [-0.2, 0) is 6.42 Å². The van der Waals surface area contributed by atoms with Crippen molar-refractivity contribution in [3.8, 4) is 5.75 Å². The molecule has 2 N–H and O–H groups in total. The Morgan fingerprint density at radius 3 is 2.93 bits per heavy atom. The van der Waals surface area contributed by atoms with Crippen molar-refractivity contribution in [1.29, 1.82) is 0 Å². The lowest BCUT2D eigenvalue weighted by atomic mass is 9.87. The SMILES string of the molecule is Cc1cc2c(s1)CCC(CN[C@@H]1CC[C@@H](Oc3ccccc3F)[C@@H]1O)C2=O. The summed E-state index contributed by atoms with van der Waals surface area (Å²) in [5.74, 6) is -0.0919. The van der Waals surface area contributed by atoms with Crippen molar-refractivity contribution in [2.45, 2.75) is 50.9 Å². The van der Waals surface area contributed by atoms with E-state index in [2.05, 4.69) is 5.32 Å². The van der Waals surface area contributed by atoms with Crippen LogP contribution in [0.25, 0.3) is 0 Å². The predicted octanol–water partition coefficient (Wildman–Crippen LogP) is 3.50. The molecule has 2 aromatic rings. The van der Waals surface area contributed by atoms with Gasteiger partial charge in [0.2, 0.25) is 0 Å². The summed E-state index contributed by atoms with van der Waals surface area (Å²) in [4.78, 5) is 15.1. The van der Waals surface area contributed by atoms with Crippen molar-refractivity contribution in [3.05, 3.63) is 51.5 Å². The molecule has 1 aromatic carbocycles. The number of ketones is 1. The summed E-state index contributed by atoms with van der Waals surface area (Å²) < 4.78 is 19.4. The average Bonchev–Trinajstić information content (AvgIpc) is 3.20. The van der Waals surface area contributed by atoms with Gasteiger partial charge in [-0.25, -0.2) is 4.39 Å². The Morgan fingerprint density at radius 1 is 1.30 bits per heavy atom. The van der Waals surface area contributed by atoms with Crippen molar-refractivity contribution in [2.75, 3.05) is 6.54 Å². The molecular weight excluding hydrogens is 365 g/mol. The topological polar surface area (TPSA) is 58.6 Å². The van der Waals surface area contributed by atoms with E-state index in [1.54, 1.807) is 29.5 Å². The van der Waals surface area contributed by atoms with Gasteiger partial charge >= 0.3 is 0 Å². The van der Waals surface area contributed by atoms with Gasteiger partial charge in [-0.1, -0.05) is 12.1 Å². The van der Waals surface area contributed by atoms with Gasteiger partial charge in [-0.2, -0.15) is 0 Å². The maximum absolute atomic E-state index is 13.8. The summed E-state index contributed by atoms with van der Waals surface area (Å²) in [6, 6.07) is 8.10. The van der Waals surface area contributed by atoms with E-state index >= 15 is 0 Å². The Balaban J connectivity index is 1.33. The van der Waals surface area contributed by atoms with Gasteiger partial charge in [0, 0.05) is 33.8 Å². The first kappa shape index (κ1) is 18.6. The zero-order valence-electron chi connectivity index (χ0n) is 15.3. The fourth-order valence-corrected chi connectivity index (χ4v) is 5.16. The summed E-state index contributed by atoms with van der Waals surface area (Å²) in [7, 11) is 0. The van der Waals surface area contributed by atoms with E-state index in [0.29, 0.717) is 13.0 Å². The van der Waals surface area contributed by atoms with Crippen LogP contribution in [0.2, 0.25) is 0 Å². The number of fused-ring (bicyclic) bond motifs is 1. The number of carbonyl (C=O) groups is 1. The van der Waals surface area contributed by atoms with Gasteiger partial charge in [-0.05, 0) is 50.8 Å². The van der Waals surface area contributed by atoms with Crippen LogP contribution in [0, 0.1) is 18.7 Å². The van der Waals surface area contributed by atoms with Crippen LogP contribution < -0.4 is 10.1 Å². The summed E-state index contributed by atoms with van der Waals surface area (Å²) >= 11 is 1.71. The molecular formula is C21H24FNO3S. The minimum atomic E-state index is -0.720. The van der Waals surface area contributed by atoms with E-state index in [1.165, 1.54) is 15.8 Å².